The van der Waals surface area contributed by atoms with E-state index in [9.17, 15) is 0 Å². The summed E-state index contributed by atoms with van der Waals surface area (Å²) in [6.07, 6.45) is 11.6. The van der Waals surface area contributed by atoms with Gasteiger partial charge in [0, 0.05) is 0 Å². The topological polar surface area (TPSA) is 9.23 Å². The predicted octanol–water partition coefficient (Wildman–Crippen LogP) is 4.02. The van der Waals surface area contributed by atoms with Crippen LogP contribution in [0.2, 0.25) is 0 Å². The van der Waals surface area contributed by atoms with Crippen LogP contribution in [0, 0.1) is 12.3 Å². The summed E-state index contributed by atoms with van der Waals surface area (Å²) in [6.45, 7) is 2.99. The maximum absolute atomic E-state index is 5.67. The van der Waals surface area contributed by atoms with E-state index in [4.69, 9.17) is 11.2 Å². The van der Waals surface area contributed by atoms with Gasteiger partial charge in [-0.2, -0.15) is 0 Å². The molecule has 0 aliphatic rings. The number of rotatable bonds is 7. The van der Waals surface area contributed by atoms with Crippen molar-refractivity contribution in [3.8, 4) is 18.1 Å². The maximum Gasteiger partial charge on any atom is 0.134 e. The summed E-state index contributed by atoms with van der Waals surface area (Å²) in [5.41, 5.74) is 0.844. The number of benzene rings is 1. The molecule has 0 saturated carbocycles. The molecule has 0 aliphatic carbocycles. The summed E-state index contributed by atoms with van der Waals surface area (Å²) >= 11 is 0. The van der Waals surface area contributed by atoms with Crippen molar-refractivity contribution >= 4 is 0 Å². The largest absolute Gasteiger partial charge is 0.492 e. The average molecular weight is 216 g/mol. The maximum atomic E-state index is 5.67. The fourth-order valence-electron chi connectivity index (χ4n) is 1.60. The first-order chi connectivity index (χ1) is 7.88. The normalized spacial score (nSPS) is 9.75. The van der Waals surface area contributed by atoms with Gasteiger partial charge < -0.3 is 4.74 Å². The van der Waals surface area contributed by atoms with E-state index in [1.54, 1.807) is 0 Å². The van der Waals surface area contributed by atoms with E-state index in [1.807, 2.05) is 24.3 Å². The Morgan fingerprint density at radius 1 is 1.12 bits per heavy atom. The van der Waals surface area contributed by atoms with Gasteiger partial charge in [0.05, 0.1) is 12.2 Å². The van der Waals surface area contributed by atoms with Gasteiger partial charge in [-0.3, -0.25) is 0 Å². The molecule has 1 aromatic carbocycles. The van der Waals surface area contributed by atoms with Crippen LogP contribution in [0.1, 0.15) is 44.6 Å². The number of terminal acetylenes is 1. The third-order valence-electron chi connectivity index (χ3n) is 2.55. The Hall–Kier alpha value is -1.42. The van der Waals surface area contributed by atoms with Crippen molar-refractivity contribution in [3.05, 3.63) is 29.8 Å². The van der Waals surface area contributed by atoms with Crippen LogP contribution in [0.5, 0.6) is 5.75 Å². The molecule has 0 aromatic heterocycles. The highest BCUT2D eigenvalue weighted by Crippen LogP contribution is 2.16. The van der Waals surface area contributed by atoms with E-state index >= 15 is 0 Å². The van der Waals surface area contributed by atoms with Crippen LogP contribution >= 0.6 is 0 Å². The van der Waals surface area contributed by atoms with Crippen LogP contribution in [0.25, 0.3) is 0 Å². The molecular formula is C15H20O. The van der Waals surface area contributed by atoms with Gasteiger partial charge in [0.25, 0.3) is 0 Å². The van der Waals surface area contributed by atoms with Crippen molar-refractivity contribution in [1.29, 1.82) is 0 Å². The SMILES string of the molecule is C#Cc1ccccc1OCCCCCCC. The van der Waals surface area contributed by atoms with Gasteiger partial charge in [0.2, 0.25) is 0 Å². The van der Waals surface area contributed by atoms with E-state index in [2.05, 4.69) is 12.8 Å². The molecule has 1 aromatic rings. The summed E-state index contributed by atoms with van der Waals surface area (Å²) in [4.78, 5) is 0. The van der Waals surface area contributed by atoms with E-state index in [0.717, 1.165) is 24.3 Å². The molecule has 0 atom stereocenters. The van der Waals surface area contributed by atoms with Gasteiger partial charge in [-0.05, 0) is 18.6 Å². The quantitative estimate of drug-likeness (QED) is 0.494. The Morgan fingerprint density at radius 2 is 1.88 bits per heavy atom. The molecule has 86 valence electrons. The molecule has 1 rings (SSSR count). The van der Waals surface area contributed by atoms with Gasteiger partial charge in [0.1, 0.15) is 5.75 Å². The first kappa shape index (κ1) is 12.6. The number of hydrogen-bond donors (Lipinski definition) is 0. The highest BCUT2D eigenvalue weighted by Gasteiger charge is 1.98. The van der Waals surface area contributed by atoms with Crippen molar-refractivity contribution in [2.24, 2.45) is 0 Å². The van der Waals surface area contributed by atoms with Gasteiger partial charge >= 0.3 is 0 Å². The number of ether oxygens (including phenoxy) is 1. The molecule has 16 heavy (non-hydrogen) atoms. The Morgan fingerprint density at radius 3 is 2.62 bits per heavy atom. The van der Waals surface area contributed by atoms with Crippen LogP contribution < -0.4 is 4.74 Å². The van der Waals surface area contributed by atoms with E-state index < -0.39 is 0 Å². The molecule has 0 bridgehead atoms. The molecule has 0 N–H and O–H groups in total. The lowest BCUT2D eigenvalue weighted by atomic mass is 10.2. The second-order valence-electron chi connectivity index (χ2n) is 3.90. The second kappa shape index (κ2) is 7.82. The number of hydrogen-bond acceptors (Lipinski definition) is 1. The van der Waals surface area contributed by atoms with Gasteiger partial charge in [-0.1, -0.05) is 50.7 Å². The van der Waals surface area contributed by atoms with Gasteiger partial charge in [-0.25, -0.2) is 0 Å². The Bertz CT molecular complexity index is 336. The minimum atomic E-state index is 0.766. The van der Waals surface area contributed by atoms with E-state index in [0.29, 0.717) is 0 Å². The monoisotopic (exact) mass is 216 g/mol. The van der Waals surface area contributed by atoms with Gasteiger partial charge in [-0.15, -0.1) is 6.42 Å². The molecule has 0 fully saturated rings. The Labute approximate surface area is 98.8 Å². The zero-order valence-corrected chi connectivity index (χ0v) is 10.0. The third kappa shape index (κ3) is 4.40. The zero-order chi connectivity index (χ0) is 11.6. The van der Waals surface area contributed by atoms with Crippen molar-refractivity contribution < 1.29 is 4.74 Å². The van der Waals surface area contributed by atoms with Crippen molar-refractivity contribution in [1.82, 2.24) is 0 Å². The lowest BCUT2D eigenvalue weighted by Crippen LogP contribution is -1.98. The summed E-state index contributed by atoms with van der Waals surface area (Å²) in [5, 5.41) is 0. The molecule has 0 aliphatic heterocycles. The second-order valence-corrected chi connectivity index (χ2v) is 3.90. The van der Waals surface area contributed by atoms with Crippen LogP contribution in [0.15, 0.2) is 24.3 Å². The van der Waals surface area contributed by atoms with Crippen LogP contribution in [0.4, 0.5) is 0 Å². The van der Waals surface area contributed by atoms with Crippen LogP contribution in [-0.2, 0) is 0 Å². The minimum Gasteiger partial charge on any atom is -0.492 e. The van der Waals surface area contributed by atoms with Crippen molar-refractivity contribution in [2.75, 3.05) is 6.61 Å². The van der Waals surface area contributed by atoms with E-state index in [-0.39, 0.29) is 0 Å². The fourth-order valence-corrected chi connectivity index (χ4v) is 1.60. The first-order valence-electron chi connectivity index (χ1n) is 6.07. The van der Waals surface area contributed by atoms with Crippen molar-refractivity contribution in [3.63, 3.8) is 0 Å². The van der Waals surface area contributed by atoms with Crippen molar-refractivity contribution in [2.45, 2.75) is 39.0 Å². The molecule has 1 heteroatoms. The predicted molar refractivity (Wildman–Crippen MR) is 68.6 cm³/mol. The molecule has 0 spiro atoms. The molecule has 1 nitrogen and oxygen atoms in total. The molecule has 0 radical (unpaired) electrons. The standard InChI is InChI=1S/C15H20O/c1-3-5-6-7-10-13-16-15-12-9-8-11-14(15)4-2/h2,8-9,11-12H,3,5-7,10,13H2,1H3. The summed E-state index contributed by atoms with van der Waals surface area (Å²) in [5.74, 6) is 3.47. The molecule has 0 heterocycles. The number of para-hydroxylation sites is 1. The lowest BCUT2D eigenvalue weighted by molar-refractivity contribution is 0.304. The molecule has 0 saturated heterocycles. The summed E-state index contributed by atoms with van der Waals surface area (Å²) in [6, 6.07) is 7.73. The Balaban J connectivity index is 2.24. The third-order valence-corrected chi connectivity index (χ3v) is 2.55. The van der Waals surface area contributed by atoms with E-state index in [1.165, 1.54) is 25.7 Å². The van der Waals surface area contributed by atoms with Gasteiger partial charge in [0.15, 0.2) is 0 Å². The number of unbranched alkanes of at least 4 members (excludes halogenated alkanes) is 4. The van der Waals surface area contributed by atoms with Crippen LogP contribution in [0.3, 0.4) is 0 Å². The first-order valence-corrected chi connectivity index (χ1v) is 6.07. The molecular weight excluding hydrogens is 196 g/mol. The Kier molecular flexibility index (Phi) is 6.18. The highest BCUT2D eigenvalue weighted by molar-refractivity contribution is 5.44. The zero-order valence-electron chi connectivity index (χ0n) is 10.0. The van der Waals surface area contributed by atoms with Crippen LogP contribution in [-0.4, -0.2) is 6.61 Å². The fraction of sp³-hybridized carbons (Fsp3) is 0.467. The lowest BCUT2D eigenvalue weighted by Gasteiger charge is -2.07. The highest BCUT2D eigenvalue weighted by atomic mass is 16.5. The summed E-state index contributed by atoms with van der Waals surface area (Å²) in [7, 11) is 0. The molecule has 0 unspecified atom stereocenters. The molecule has 0 amide bonds. The smallest absolute Gasteiger partial charge is 0.134 e. The average Bonchev–Trinajstić information content (AvgIpc) is 2.34. The minimum absolute atomic E-state index is 0.766. The summed E-state index contributed by atoms with van der Waals surface area (Å²) < 4.78 is 5.67.